The number of likely N-dealkylation sites (tertiary alicyclic amines) is 1. The minimum absolute atomic E-state index is 0.192. The molecule has 0 amide bonds. The molecule has 2 aromatic carbocycles. The van der Waals surface area contributed by atoms with E-state index in [1.165, 1.54) is 18.5 Å². The van der Waals surface area contributed by atoms with Gasteiger partial charge in [0.05, 0.1) is 0 Å². The van der Waals surface area contributed by atoms with E-state index in [0.717, 1.165) is 29.8 Å². The van der Waals surface area contributed by atoms with Crippen LogP contribution in [-0.2, 0) is 6.42 Å². The smallest absolute Gasteiger partial charge is 0.167 e. The van der Waals surface area contributed by atoms with Crippen molar-refractivity contribution in [3.63, 3.8) is 0 Å². The van der Waals surface area contributed by atoms with E-state index in [4.69, 9.17) is 0 Å². The van der Waals surface area contributed by atoms with Gasteiger partial charge in [0.1, 0.15) is 0 Å². The summed E-state index contributed by atoms with van der Waals surface area (Å²) in [5.74, 6) is 0.192. The van der Waals surface area contributed by atoms with E-state index in [9.17, 15) is 4.79 Å². The summed E-state index contributed by atoms with van der Waals surface area (Å²) in [6.45, 7) is 4.30. The Labute approximate surface area is 151 Å². The molecule has 0 saturated carbocycles. The van der Waals surface area contributed by atoms with Crippen LogP contribution in [0.5, 0.6) is 0 Å². The molecule has 3 rings (SSSR count). The lowest BCUT2D eigenvalue weighted by molar-refractivity contribution is 0.0992. The number of piperidine rings is 1. The fraction of sp³-hybridized carbons (Fsp3) is 0.409. The highest BCUT2D eigenvalue weighted by Gasteiger charge is 2.21. The van der Waals surface area contributed by atoms with Gasteiger partial charge in [-0.1, -0.05) is 36.4 Å². The monoisotopic (exact) mass is 336 g/mol. The normalized spacial score (nSPS) is 16.0. The molecule has 1 aliphatic rings. The molecule has 0 N–H and O–H groups in total. The van der Waals surface area contributed by atoms with E-state index in [1.54, 1.807) is 0 Å². The molecule has 0 unspecified atom stereocenters. The number of ketones is 1. The van der Waals surface area contributed by atoms with Crippen LogP contribution in [0.3, 0.4) is 0 Å². The first-order chi connectivity index (χ1) is 12.0. The van der Waals surface area contributed by atoms with Gasteiger partial charge in [-0.05, 0) is 63.2 Å². The Bertz CT molecular complexity index is 732. The van der Waals surface area contributed by atoms with Gasteiger partial charge in [-0.3, -0.25) is 4.79 Å². The standard InChI is InChI=1S/C22H28N2O/c1-17-7-4-5-10-21(17)22(25)16-18-8-6-9-20(15-18)24(3)19-11-13-23(2)14-12-19/h4-10,15,19H,11-14,16H2,1-3H3. The molecule has 0 aliphatic carbocycles. The van der Waals surface area contributed by atoms with Crippen molar-refractivity contribution in [1.29, 1.82) is 0 Å². The SMILES string of the molecule is Cc1ccccc1C(=O)Cc1cccc(N(C)C2CCN(C)CC2)c1. The van der Waals surface area contributed by atoms with Gasteiger partial charge in [0.15, 0.2) is 5.78 Å². The van der Waals surface area contributed by atoms with E-state index < -0.39 is 0 Å². The Hall–Kier alpha value is -2.13. The van der Waals surface area contributed by atoms with Crippen molar-refractivity contribution in [2.45, 2.75) is 32.2 Å². The molecule has 0 aromatic heterocycles. The lowest BCUT2D eigenvalue weighted by Crippen LogP contribution is -2.42. The fourth-order valence-electron chi connectivity index (χ4n) is 3.65. The van der Waals surface area contributed by atoms with Crippen molar-refractivity contribution in [1.82, 2.24) is 4.90 Å². The molecule has 132 valence electrons. The van der Waals surface area contributed by atoms with Crippen molar-refractivity contribution in [3.8, 4) is 0 Å². The summed E-state index contributed by atoms with van der Waals surface area (Å²) >= 11 is 0. The Morgan fingerprint density at radius 1 is 1.12 bits per heavy atom. The van der Waals surface area contributed by atoms with Crippen LogP contribution in [0.4, 0.5) is 5.69 Å². The molecule has 1 saturated heterocycles. The van der Waals surface area contributed by atoms with Crippen LogP contribution in [0.25, 0.3) is 0 Å². The number of anilines is 1. The molecule has 0 bridgehead atoms. The van der Waals surface area contributed by atoms with E-state index in [-0.39, 0.29) is 5.78 Å². The second kappa shape index (κ2) is 7.83. The molecule has 3 nitrogen and oxygen atoms in total. The predicted molar refractivity (Wildman–Crippen MR) is 105 cm³/mol. The number of nitrogens with zero attached hydrogens (tertiary/aromatic N) is 2. The minimum atomic E-state index is 0.192. The first kappa shape index (κ1) is 17.7. The summed E-state index contributed by atoms with van der Waals surface area (Å²) in [5, 5.41) is 0. The minimum Gasteiger partial charge on any atom is -0.372 e. The largest absolute Gasteiger partial charge is 0.372 e. The molecule has 1 heterocycles. The number of aryl methyl sites for hydroxylation is 1. The fourth-order valence-corrected chi connectivity index (χ4v) is 3.65. The summed E-state index contributed by atoms with van der Waals surface area (Å²) in [5.41, 5.74) is 4.18. The Morgan fingerprint density at radius 2 is 1.84 bits per heavy atom. The lowest BCUT2D eigenvalue weighted by Gasteiger charge is -2.36. The second-order valence-corrected chi connectivity index (χ2v) is 7.23. The first-order valence-corrected chi connectivity index (χ1v) is 9.14. The molecule has 25 heavy (non-hydrogen) atoms. The van der Waals surface area contributed by atoms with Crippen LogP contribution < -0.4 is 4.90 Å². The summed E-state index contributed by atoms with van der Waals surface area (Å²) in [6.07, 6.45) is 2.85. The number of carbonyl (C=O) groups is 1. The molecular formula is C22H28N2O. The molecule has 0 spiro atoms. The zero-order valence-corrected chi connectivity index (χ0v) is 15.5. The van der Waals surface area contributed by atoms with E-state index >= 15 is 0 Å². The Morgan fingerprint density at radius 3 is 2.56 bits per heavy atom. The predicted octanol–water partition coefficient (Wildman–Crippen LogP) is 3.95. The molecule has 1 aliphatic heterocycles. The van der Waals surface area contributed by atoms with Gasteiger partial charge >= 0.3 is 0 Å². The maximum Gasteiger partial charge on any atom is 0.167 e. The van der Waals surface area contributed by atoms with Gasteiger partial charge in [-0.25, -0.2) is 0 Å². The molecular weight excluding hydrogens is 308 g/mol. The van der Waals surface area contributed by atoms with Gasteiger partial charge in [-0.2, -0.15) is 0 Å². The van der Waals surface area contributed by atoms with Crippen LogP contribution in [-0.4, -0.2) is 43.9 Å². The topological polar surface area (TPSA) is 23.6 Å². The van der Waals surface area contributed by atoms with Crippen molar-refractivity contribution < 1.29 is 4.79 Å². The summed E-state index contributed by atoms with van der Waals surface area (Å²) in [7, 11) is 4.37. The first-order valence-electron chi connectivity index (χ1n) is 9.14. The number of benzene rings is 2. The van der Waals surface area contributed by atoms with E-state index in [1.807, 2.05) is 31.2 Å². The number of hydrogen-bond donors (Lipinski definition) is 0. The van der Waals surface area contributed by atoms with E-state index in [2.05, 4.69) is 48.2 Å². The van der Waals surface area contributed by atoms with Crippen molar-refractivity contribution in [2.24, 2.45) is 0 Å². The average molecular weight is 336 g/mol. The molecule has 0 atom stereocenters. The van der Waals surface area contributed by atoms with Crippen molar-refractivity contribution in [3.05, 3.63) is 65.2 Å². The third kappa shape index (κ3) is 4.29. The number of Topliss-reactive ketones (excluding diaryl/α,β-unsaturated/α-hetero) is 1. The zero-order valence-electron chi connectivity index (χ0n) is 15.5. The van der Waals surface area contributed by atoms with Crippen molar-refractivity contribution >= 4 is 11.5 Å². The zero-order chi connectivity index (χ0) is 17.8. The molecule has 0 radical (unpaired) electrons. The molecule has 2 aromatic rings. The van der Waals surface area contributed by atoms with Gasteiger partial charge in [0, 0.05) is 30.8 Å². The summed E-state index contributed by atoms with van der Waals surface area (Å²) in [4.78, 5) is 17.4. The van der Waals surface area contributed by atoms with Crippen molar-refractivity contribution in [2.75, 3.05) is 32.1 Å². The van der Waals surface area contributed by atoms with Crippen LogP contribution >= 0.6 is 0 Å². The summed E-state index contributed by atoms with van der Waals surface area (Å²) < 4.78 is 0. The summed E-state index contributed by atoms with van der Waals surface area (Å²) in [6, 6.07) is 16.9. The van der Waals surface area contributed by atoms with Gasteiger partial charge in [0.25, 0.3) is 0 Å². The highest BCUT2D eigenvalue weighted by atomic mass is 16.1. The van der Waals surface area contributed by atoms with Crippen LogP contribution in [0.15, 0.2) is 48.5 Å². The molecule has 1 fully saturated rings. The van der Waals surface area contributed by atoms with Gasteiger partial charge in [0.2, 0.25) is 0 Å². The highest BCUT2D eigenvalue weighted by molar-refractivity contribution is 5.98. The van der Waals surface area contributed by atoms with Crippen LogP contribution in [0, 0.1) is 6.92 Å². The third-order valence-corrected chi connectivity index (χ3v) is 5.36. The van der Waals surface area contributed by atoms with Gasteiger partial charge in [-0.15, -0.1) is 0 Å². The number of carbonyl (C=O) groups excluding carboxylic acids is 1. The number of hydrogen-bond acceptors (Lipinski definition) is 3. The average Bonchev–Trinajstić information content (AvgIpc) is 2.62. The maximum absolute atomic E-state index is 12.6. The highest BCUT2D eigenvalue weighted by Crippen LogP contribution is 2.23. The van der Waals surface area contributed by atoms with E-state index in [0.29, 0.717) is 12.5 Å². The Balaban J connectivity index is 1.71. The second-order valence-electron chi connectivity index (χ2n) is 7.23. The maximum atomic E-state index is 12.6. The molecule has 3 heteroatoms. The number of rotatable bonds is 5. The Kier molecular flexibility index (Phi) is 5.54. The quantitative estimate of drug-likeness (QED) is 0.773. The van der Waals surface area contributed by atoms with Crippen LogP contribution in [0.2, 0.25) is 0 Å². The third-order valence-electron chi connectivity index (χ3n) is 5.36. The van der Waals surface area contributed by atoms with Gasteiger partial charge < -0.3 is 9.80 Å². The lowest BCUT2D eigenvalue weighted by atomic mass is 9.98. The van der Waals surface area contributed by atoms with Crippen LogP contribution in [0.1, 0.15) is 34.3 Å².